The summed E-state index contributed by atoms with van der Waals surface area (Å²) in [7, 11) is -4.31. The van der Waals surface area contributed by atoms with Gasteiger partial charge in [0.05, 0.1) is 0 Å². The van der Waals surface area contributed by atoms with E-state index in [1.807, 2.05) is 18.2 Å². The Labute approximate surface area is 222 Å². The number of hydrogen-bond donors (Lipinski definition) is 0. The Morgan fingerprint density at radius 2 is 0.556 bits per heavy atom. The summed E-state index contributed by atoms with van der Waals surface area (Å²) in [6, 6.07) is 5.67. The molecule has 0 amide bonds. The van der Waals surface area contributed by atoms with Gasteiger partial charge in [0.1, 0.15) is 24.2 Å². The molecule has 36 heavy (non-hydrogen) atoms. The predicted molar refractivity (Wildman–Crippen MR) is 164 cm³/mol. The molecule has 3 heteroatoms. The van der Waals surface area contributed by atoms with Crippen LogP contribution in [0.15, 0.2) is 18.2 Å². The molecule has 0 aromatic heterocycles. The second-order valence-corrected chi connectivity index (χ2v) is 25.0. The van der Waals surface area contributed by atoms with Gasteiger partial charge in [-0.25, -0.2) is 0 Å². The molecule has 1 aromatic carbocycles. The van der Waals surface area contributed by atoms with E-state index >= 15 is 0 Å². The maximum absolute atomic E-state index is 3.20. The molecule has 1 aromatic rings. The highest BCUT2D eigenvalue weighted by Gasteiger charge is 2.07. The van der Waals surface area contributed by atoms with Gasteiger partial charge in [0.15, 0.2) is 0 Å². The van der Waals surface area contributed by atoms with Crippen molar-refractivity contribution in [1.29, 1.82) is 0 Å². The number of benzene rings is 1. The quantitative estimate of drug-likeness (QED) is 0.324. The third kappa shape index (κ3) is 17.4. The van der Waals surface area contributed by atoms with Crippen molar-refractivity contribution in [1.82, 2.24) is 0 Å². The SMILES string of the molecule is C[Si](C)(C)C#CC#CC#Cc1cc(C#CC#CC#C[Si](C)(C)C)cc(C#CC#CC#C[Si](C)(C)C)c1. The molecule has 0 aliphatic rings. The van der Waals surface area contributed by atoms with Crippen LogP contribution in [0.5, 0.6) is 0 Å². The summed E-state index contributed by atoms with van der Waals surface area (Å²) in [4.78, 5) is 0. The first-order valence-corrected chi connectivity index (χ1v) is 22.0. The van der Waals surface area contributed by atoms with E-state index in [1.54, 1.807) is 0 Å². The van der Waals surface area contributed by atoms with Gasteiger partial charge in [-0.05, 0) is 89.2 Å². The Morgan fingerprint density at radius 1 is 0.333 bits per heavy atom. The van der Waals surface area contributed by atoms with Crippen molar-refractivity contribution in [3.63, 3.8) is 0 Å². The zero-order valence-electron chi connectivity index (χ0n) is 22.7. The standard InChI is InChI=1S/C33H30Si3/c1-34(2,3)25-19-13-10-16-22-31-28-32(23-17-11-14-20-26-35(4,5)6)30-33(29-31)24-18-12-15-21-27-36(7,8)9/h28-30H,1-9H3. The molecule has 0 fully saturated rings. The van der Waals surface area contributed by atoms with E-state index in [-0.39, 0.29) is 0 Å². The van der Waals surface area contributed by atoms with Crippen molar-refractivity contribution in [3.05, 3.63) is 34.9 Å². The largest absolute Gasteiger partial charge is 0.130 e. The Balaban J connectivity index is 3.30. The molecule has 0 nitrogen and oxygen atoms in total. The van der Waals surface area contributed by atoms with Gasteiger partial charge in [0, 0.05) is 16.7 Å². The average Bonchev–Trinajstić information content (AvgIpc) is 2.73. The van der Waals surface area contributed by atoms with Crippen LogP contribution in [-0.4, -0.2) is 24.2 Å². The van der Waals surface area contributed by atoms with E-state index in [9.17, 15) is 0 Å². The molecule has 0 aliphatic carbocycles. The molecular weight excluding hydrogens is 481 g/mol. The first kappa shape index (κ1) is 29.9. The van der Waals surface area contributed by atoms with Crippen LogP contribution in [0.4, 0.5) is 0 Å². The van der Waals surface area contributed by atoms with Gasteiger partial charge in [-0.1, -0.05) is 76.7 Å². The molecule has 0 heterocycles. The van der Waals surface area contributed by atoms with Crippen molar-refractivity contribution in [2.24, 2.45) is 0 Å². The van der Waals surface area contributed by atoms with Crippen molar-refractivity contribution < 1.29 is 0 Å². The van der Waals surface area contributed by atoms with Crippen LogP contribution in [0.3, 0.4) is 0 Å². The van der Waals surface area contributed by atoms with Crippen molar-refractivity contribution in [2.45, 2.75) is 58.9 Å². The van der Waals surface area contributed by atoms with Gasteiger partial charge < -0.3 is 0 Å². The summed E-state index contributed by atoms with van der Waals surface area (Å²) in [5, 5.41) is 0. The highest BCUT2D eigenvalue weighted by Crippen LogP contribution is 2.08. The lowest BCUT2D eigenvalue weighted by Crippen LogP contribution is -2.16. The number of rotatable bonds is 0. The fraction of sp³-hybridized carbons (Fsp3) is 0.273. The van der Waals surface area contributed by atoms with Crippen molar-refractivity contribution in [2.75, 3.05) is 0 Å². The maximum atomic E-state index is 3.20. The second kappa shape index (κ2) is 14.3. The molecule has 0 spiro atoms. The third-order valence-electron chi connectivity index (χ3n) is 3.43. The van der Waals surface area contributed by atoms with Crippen LogP contribution in [-0.2, 0) is 0 Å². The molecule has 1 rings (SSSR count). The van der Waals surface area contributed by atoms with Gasteiger partial charge in [0.25, 0.3) is 0 Å². The topological polar surface area (TPSA) is 0 Å². The molecule has 0 saturated heterocycles. The molecule has 0 bridgehead atoms. The van der Waals surface area contributed by atoms with E-state index < -0.39 is 24.2 Å². The maximum Gasteiger partial charge on any atom is 0.130 e. The van der Waals surface area contributed by atoms with Crippen LogP contribution < -0.4 is 0 Å². The van der Waals surface area contributed by atoms with Crippen LogP contribution >= 0.6 is 0 Å². The smallest absolute Gasteiger partial charge is 0.118 e. The molecular formula is C33H30Si3. The molecule has 0 N–H and O–H groups in total. The molecule has 0 aliphatic heterocycles. The van der Waals surface area contributed by atoms with E-state index in [0.29, 0.717) is 0 Å². The Hall–Kier alpha value is -4.09. The van der Waals surface area contributed by atoms with Crippen LogP contribution in [0.1, 0.15) is 16.7 Å². The van der Waals surface area contributed by atoms with E-state index in [1.165, 1.54) is 0 Å². The Bertz CT molecular complexity index is 1350. The van der Waals surface area contributed by atoms with Gasteiger partial charge >= 0.3 is 0 Å². The lowest BCUT2D eigenvalue weighted by molar-refractivity contribution is 1.56. The van der Waals surface area contributed by atoms with Crippen LogP contribution in [0.25, 0.3) is 0 Å². The van der Waals surface area contributed by atoms with Gasteiger partial charge in [0.2, 0.25) is 0 Å². The predicted octanol–water partition coefficient (Wildman–Crippen LogP) is 5.39. The molecule has 0 saturated carbocycles. The molecule has 0 radical (unpaired) electrons. The second-order valence-electron chi connectivity index (χ2n) is 10.8. The summed E-state index contributed by atoms with van der Waals surface area (Å²) < 4.78 is 0. The van der Waals surface area contributed by atoms with Gasteiger partial charge in [-0.15, -0.1) is 16.6 Å². The van der Waals surface area contributed by atoms with Crippen molar-refractivity contribution >= 4 is 24.2 Å². The van der Waals surface area contributed by atoms with E-state index in [2.05, 4.69) is 164 Å². The molecule has 0 atom stereocenters. The highest BCUT2D eigenvalue weighted by atomic mass is 28.3. The van der Waals surface area contributed by atoms with Crippen molar-refractivity contribution in [3.8, 4) is 105 Å². The Kier molecular flexibility index (Phi) is 11.9. The van der Waals surface area contributed by atoms with Gasteiger partial charge in [-0.3, -0.25) is 0 Å². The normalized spacial score (nSPS) is 8.92. The summed E-state index contributed by atoms with van der Waals surface area (Å²) in [6.07, 6.45) is 0. The summed E-state index contributed by atoms with van der Waals surface area (Å²) >= 11 is 0. The molecule has 0 unspecified atom stereocenters. The summed E-state index contributed by atoms with van der Waals surface area (Å²) in [5.74, 6) is 43.3. The first-order valence-electron chi connectivity index (χ1n) is 11.5. The highest BCUT2D eigenvalue weighted by molar-refractivity contribution is 6.84. The zero-order chi connectivity index (χ0) is 27.1. The summed E-state index contributed by atoms with van der Waals surface area (Å²) in [6.45, 7) is 19.6. The monoisotopic (exact) mass is 510 g/mol. The van der Waals surface area contributed by atoms with E-state index in [4.69, 9.17) is 0 Å². The van der Waals surface area contributed by atoms with Gasteiger partial charge in [-0.2, -0.15) is 0 Å². The minimum atomic E-state index is -1.44. The fourth-order valence-corrected chi connectivity index (χ4v) is 3.31. The van der Waals surface area contributed by atoms with E-state index in [0.717, 1.165) is 16.7 Å². The average molecular weight is 511 g/mol. The van der Waals surface area contributed by atoms with Crippen LogP contribution in [0, 0.1) is 105 Å². The minimum Gasteiger partial charge on any atom is -0.118 e. The lowest BCUT2D eigenvalue weighted by Gasteiger charge is -2.01. The zero-order valence-corrected chi connectivity index (χ0v) is 25.7. The first-order chi connectivity index (χ1) is 16.7. The lowest BCUT2D eigenvalue weighted by atomic mass is 10.1. The number of hydrogen-bond acceptors (Lipinski definition) is 0. The third-order valence-corrected chi connectivity index (χ3v) is 6.05. The summed E-state index contributed by atoms with van der Waals surface area (Å²) in [5.41, 5.74) is 11.9. The fourth-order valence-electron chi connectivity index (χ4n) is 2.00. The Morgan fingerprint density at radius 3 is 0.778 bits per heavy atom. The minimum absolute atomic E-state index is 0.761. The molecule has 174 valence electrons. The van der Waals surface area contributed by atoms with Crippen LogP contribution in [0.2, 0.25) is 58.9 Å².